The van der Waals surface area contributed by atoms with Crippen LogP contribution in [0.2, 0.25) is 10.0 Å². The molecule has 1 heterocycles. The molecule has 10 heteroatoms. The summed E-state index contributed by atoms with van der Waals surface area (Å²) in [6.07, 6.45) is 0.638. The Morgan fingerprint density at radius 1 is 1.33 bits per heavy atom. The van der Waals surface area contributed by atoms with E-state index in [0.717, 1.165) is 12.1 Å². The molecular weight excluding hydrogens is 341 g/mol. The van der Waals surface area contributed by atoms with E-state index in [0.29, 0.717) is 6.42 Å². The summed E-state index contributed by atoms with van der Waals surface area (Å²) in [6.45, 7) is 0. The first-order chi connectivity index (χ1) is 9.68. The molecule has 0 spiro atoms. The molecule has 0 radical (unpaired) electrons. The molecule has 0 unspecified atom stereocenters. The Kier molecular flexibility index (Phi) is 4.43. The Balaban J connectivity index is 2.25. The van der Waals surface area contributed by atoms with Crippen molar-refractivity contribution in [3.63, 3.8) is 0 Å². The summed E-state index contributed by atoms with van der Waals surface area (Å²) in [6, 6.07) is 1.51. The van der Waals surface area contributed by atoms with Gasteiger partial charge < -0.3 is 10.6 Å². The molecule has 4 N–H and O–H groups in total. The van der Waals surface area contributed by atoms with Crippen LogP contribution in [-0.4, -0.2) is 26.3 Å². The van der Waals surface area contributed by atoms with Gasteiger partial charge in [-0.2, -0.15) is 0 Å². The topological polar surface area (TPSA) is 118 Å². The maximum Gasteiger partial charge on any atom is 0.247 e. The highest BCUT2D eigenvalue weighted by Crippen LogP contribution is 2.33. The van der Waals surface area contributed by atoms with Crippen molar-refractivity contribution in [3.05, 3.63) is 22.2 Å². The molecule has 1 aromatic rings. The number of benzene rings is 1. The fourth-order valence-corrected chi connectivity index (χ4v) is 3.13. The van der Waals surface area contributed by atoms with Crippen molar-refractivity contribution >= 4 is 50.7 Å². The van der Waals surface area contributed by atoms with E-state index < -0.39 is 22.0 Å². The largest absolute Gasteiger partial charge is 0.344 e. The van der Waals surface area contributed by atoms with Gasteiger partial charge in [-0.15, -0.1) is 0 Å². The van der Waals surface area contributed by atoms with Crippen LogP contribution >= 0.6 is 23.2 Å². The second-order valence-electron chi connectivity index (χ2n) is 4.45. The predicted octanol–water partition coefficient (Wildman–Crippen LogP) is 0.858. The number of carbonyl (C=O) groups is 2. The van der Waals surface area contributed by atoms with Crippen molar-refractivity contribution in [2.45, 2.75) is 23.8 Å². The van der Waals surface area contributed by atoms with Crippen LogP contribution in [0.15, 0.2) is 17.0 Å². The van der Waals surface area contributed by atoms with Crippen LogP contribution in [0, 0.1) is 0 Å². The standard InChI is InChI=1S/C11H11Cl2N3O4S/c12-6-3-5(21(14,19)20)4-7(13)10(6)16-11(18)8-1-2-9(17)15-8/h3-4,8H,1-2H2,(H,15,17)(H,16,18)(H2,14,19,20)/t8-/m1/s1. The van der Waals surface area contributed by atoms with Gasteiger partial charge in [-0.3, -0.25) is 9.59 Å². The number of carbonyl (C=O) groups excluding carboxylic acids is 2. The molecule has 1 aliphatic heterocycles. The van der Waals surface area contributed by atoms with Crippen LogP contribution in [-0.2, 0) is 19.6 Å². The van der Waals surface area contributed by atoms with E-state index in [1.165, 1.54) is 0 Å². The smallest absolute Gasteiger partial charge is 0.247 e. The van der Waals surface area contributed by atoms with Gasteiger partial charge in [0.2, 0.25) is 21.8 Å². The van der Waals surface area contributed by atoms with E-state index in [1.54, 1.807) is 0 Å². The first-order valence-electron chi connectivity index (χ1n) is 5.80. The highest BCUT2D eigenvalue weighted by Gasteiger charge is 2.28. The van der Waals surface area contributed by atoms with Gasteiger partial charge in [-0.25, -0.2) is 13.6 Å². The van der Waals surface area contributed by atoms with Crippen molar-refractivity contribution in [3.8, 4) is 0 Å². The molecule has 21 heavy (non-hydrogen) atoms. The molecule has 1 fully saturated rings. The zero-order chi connectivity index (χ0) is 15.8. The molecule has 0 saturated carbocycles. The average Bonchev–Trinajstić information content (AvgIpc) is 2.79. The highest BCUT2D eigenvalue weighted by molar-refractivity contribution is 7.89. The molecule has 7 nitrogen and oxygen atoms in total. The monoisotopic (exact) mass is 351 g/mol. The minimum atomic E-state index is -3.95. The molecule has 1 atom stereocenters. The van der Waals surface area contributed by atoms with Crippen LogP contribution in [0.3, 0.4) is 0 Å². The minimum absolute atomic E-state index is 0.0656. The van der Waals surface area contributed by atoms with Crippen molar-refractivity contribution in [1.82, 2.24) is 5.32 Å². The average molecular weight is 352 g/mol. The summed E-state index contributed by atoms with van der Waals surface area (Å²) < 4.78 is 22.5. The number of hydrogen-bond acceptors (Lipinski definition) is 4. The molecule has 2 amide bonds. The second kappa shape index (κ2) is 5.80. The van der Waals surface area contributed by atoms with E-state index in [9.17, 15) is 18.0 Å². The van der Waals surface area contributed by atoms with Crippen LogP contribution in [0.5, 0.6) is 0 Å². The molecule has 114 valence electrons. The first kappa shape index (κ1) is 16.0. The first-order valence-corrected chi connectivity index (χ1v) is 8.11. The minimum Gasteiger partial charge on any atom is -0.344 e. The van der Waals surface area contributed by atoms with Gasteiger partial charge in [0.1, 0.15) is 6.04 Å². The number of hydrogen-bond donors (Lipinski definition) is 3. The number of amides is 2. The van der Waals surface area contributed by atoms with Crippen molar-refractivity contribution < 1.29 is 18.0 Å². The predicted molar refractivity (Wildman–Crippen MR) is 77.6 cm³/mol. The summed E-state index contributed by atoms with van der Waals surface area (Å²) in [5, 5.41) is 9.81. The number of halogens is 2. The number of rotatable bonds is 3. The molecule has 0 aliphatic carbocycles. The van der Waals surface area contributed by atoms with Crippen molar-refractivity contribution in [1.29, 1.82) is 0 Å². The SMILES string of the molecule is NS(=O)(=O)c1cc(Cl)c(NC(=O)[C@H]2CCC(=O)N2)c(Cl)c1. The normalized spacial score (nSPS) is 18.4. The zero-order valence-corrected chi connectivity index (χ0v) is 12.8. The molecule has 1 saturated heterocycles. The molecule has 1 aromatic carbocycles. The summed E-state index contributed by atoms with van der Waals surface area (Å²) in [7, 11) is -3.95. The molecule has 0 aromatic heterocycles. The molecule has 1 aliphatic rings. The number of nitrogens with one attached hydrogen (secondary N) is 2. The van der Waals surface area contributed by atoms with Gasteiger partial charge in [0.25, 0.3) is 0 Å². The quantitative estimate of drug-likeness (QED) is 0.747. The number of nitrogens with two attached hydrogens (primary N) is 1. The fourth-order valence-electron chi connectivity index (χ4n) is 1.85. The lowest BCUT2D eigenvalue weighted by atomic mass is 10.2. The summed E-state index contributed by atoms with van der Waals surface area (Å²) in [5.74, 6) is -0.690. The van der Waals surface area contributed by atoms with E-state index >= 15 is 0 Å². The van der Waals surface area contributed by atoms with Gasteiger partial charge in [-0.05, 0) is 18.6 Å². The summed E-state index contributed by atoms with van der Waals surface area (Å²) in [5.41, 5.74) is 0.0666. The van der Waals surface area contributed by atoms with Crippen molar-refractivity contribution in [2.75, 3.05) is 5.32 Å². The maximum absolute atomic E-state index is 12.0. The van der Waals surface area contributed by atoms with Gasteiger partial charge in [0, 0.05) is 6.42 Å². The number of anilines is 1. The van der Waals surface area contributed by atoms with E-state index in [1.807, 2.05) is 0 Å². The Labute approximate surface area is 130 Å². The third kappa shape index (κ3) is 3.65. The van der Waals surface area contributed by atoms with Gasteiger partial charge >= 0.3 is 0 Å². The third-order valence-electron chi connectivity index (χ3n) is 2.90. The van der Waals surface area contributed by atoms with E-state index in [-0.39, 0.29) is 33.0 Å². The lowest BCUT2D eigenvalue weighted by Gasteiger charge is -2.14. The lowest BCUT2D eigenvalue weighted by Crippen LogP contribution is -2.37. The summed E-state index contributed by atoms with van der Waals surface area (Å²) in [4.78, 5) is 22.8. The van der Waals surface area contributed by atoms with Gasteiger partial charge in [0.15, 0.2) is 0 Å². The Morgan fingerprint density at radius 3 is 2.33 bits per heavy atom. The Bertz CT molecular complexity index is 697. The van der Waals surface area contributed by atoms with E-state index in [2.05, 4.69) is 10.6 Å². The Hall–Kier alpha value is -1.35. The number of primary sulfonamides is 1. The second-order valence-corrected chi connectivity index (χ2v) is 6.83. The lowest BCUT2D eigenvalue weighted by molar-refractivity contribution is -0.122. The summed E-state index contributed by atoms with van der Waals surface area (Å²) >= 11 is 11.8. The maximum atomic E-state index is 12.0. The van der Waals surface area contributed by atoms with Crippen LogP contribution in [0.25, 0.3) is 0 Å². The van der Waals surface area contributed by atoms with Crippen LogP contribution in [0.1, 0.15) is 12.8 Å². The molecular formula is C11H11Cl2N3O4S. The fraction of sp³-hybridized carbons (Fsp3) is 0.273. The Morgan fingerprint density at radius 2 is 1.90 bits per heavy atom. The zero-order valence-electron chi connectivity index (χ0n) is 10.5. The third-order valence-corrected chi connectivity index (χ3v) is 4.39. The van der Waals surface area contributed by atoms with Crippen molar-refractivity contribution in [2.24, 2.45) is 5.14 Å². The highest BCUT2D eigenvalue weighted by atomic mass is 35.5. The van der Waals surface area contributed by atoms with E-state index in [4.69, 9.17) is 28.3 Å². The van der Waals surface area contributed by atoms with Crippen LogP contribution in [0.4, 0.5) is 5.69 Å². The van der Waals surface area contributed by atoms with Gasteiger partial charge in [-0.1, -0.05) is 23.2 Å². The van der Waals surface area contributed by atoms with Gasteiger partial charge in [0.05, 0.1) is 20.6 Å². The van der Waals surface area contributed by atoms with Crippen LogP contribution < -0.4 is 15.8 Å². The molecule has 2 rings (SSSR count). The molecule has 0 bridgehead atoms. The number of sulfonamides is 1.